The molecule has 1 saturated carbocycles. The van der Waals surface area contributed by atoms with Gasteiger partial charge in [0, 0.05) is 0 Å². The van der Waals surface area contributed by atoms with E-state index >= 15 is 0 Å². The molecule has 1 heterocycles. The minimum absolute atomic E-state index is 0.461. The molecule has 3 nitrogen and oxygen atoms in total. The Morgan fingerprint density at radius 1 is 1.24 bits per heavy atom. The zero-order valence-corrected chi connectivity index (χ0v) is 9.71. The van der Waals surface area contributed by atoms with Crippen molar-refractivity contribution in [3.05, 3.63) is 36.2 Å². The SMILES string of the molecule is OC(CC1CCC1)c1cnc2ccccc2n1. The fourth-order valence-corrected chi connectivity index (χ4v) is 2.30. The van der Waals surface area contributed by atoms with Crippen LogP contribution in [0.3, 0.4) is 0 Å². The number of hydrogen-bond acceptors (Lipinski definition) is 3. The summed E-state index contributed by atoms with van der Waals surface area (Å²) in [5.41, 5.74) is 2.44. The molecule has 0 saturated heterocycles. The molecule has 1 aromatic carbocycles. The van der Waals surface area contributed by atoms with Crippen LogP contribution in [0.5, 0.6) is 0 Å². The summed E-state index contributed by atoms with van der Waals surface area (Å²) < 4.78 is 0. The number of fused-ring (bicyclic) bond motifs is 1. The van der Waals surface area contributed by atoms with E-state index < -0.39 is 6.10 Å². The standard InChI is InChI=1S/C14H16N2O/c17-14(8-10-4-3-5-10)13-9-15-11-6-1-2-7-12(11)16-13/h1-2,6-7,9-10,14,17H,3-5,8H2. The van der Waals surface area contributed by atoms with Gasteiger partial charge in [0.05, 0.1) is 29.0 Å². The van der Waals surface area contributed by atoms with Gasteiger partial charge in [-0.15, -0.1) is 0 Å². The molecule has 88 valence electrons. The lowest BCUT2D eigenvalue weighted by Gasteiger charge is -2.27. The quantitative estimate of drug-likeness (QED) is 0.878. The summed E-state index contributed by atoms with van der Waals surface area (Å²) in [5, 5.41) is 10.1. The van der Waals surface area contributed by atoms with Crippen molar-refractivity contribution in [2.24, 2.45) is 5.92 Å². The predicted molar refractivity (Wildman–Crippen MR) is 66.5 cm³/mol. The summed E-state index contributed by atoms with van der Waals surface area (Å²) in [6.45, 7) is 0. The average Bonchev–Trinajstić information content (AvgIpc) is 2.33. The molecule has 1 unspecified atom stereocenters. The maximum absolute atomic E-state index is 10.1. The Morgan fingerprint density at radius 2 is 2.00 bits per heavy atom. The van der Waals surface area contributed by atoms with Crippen LogP contribution in [0, 0.1) is 5.92 Å². The van der Waals surface area contributed by atoms with Crippen molar-refractivity contribution in [3.8, 4) is 0 Å². The van der Waals surface area contributed by atoms with E-state index in [-0.39, 0.29) is 0 Å². The van der Waals surface area contributed by atoms with Crippen molar-refractivity contribution in [3.63, 3.8) is 0 Å². The number of para-hydroxylation sites is 2. The van der Waals surface area contributed by atoms with E-state index in [4.69, 9.17) is 0 Å². The van der Waals surface area contributed by atoms with Crippen molar-refractivity contribution in [2.75, 3.05) is 0 Å². The molecule has 1 aliphatic rings. The number of hydrogen-bond donors (Lipinski definition) is 1. The molecular formula is C14H16N2O. The number of nitrogens with zero attached hydrogens (tertiary/aromatic N) is 2. The van der Waals surface area contributed by atoms with Crippen molar-refractivity contribution in [2.45, 2.75) is 31.8 Å². The summed E-state index contributed by atoms with van der Waals surface area (Å²) in [6.07, 6.45) is 5.87. The minimum Gasteiger partial charge on any atom is -0.387 e. The first-order valence-electron chi connectivity index (χ1n) is 6.22. The Balaban J connectivity index is 1.83. The normalized spacial score (nSPS) is 17.9. The highest BCUT2D eigenvalue weighted by Crippen LogP contribution is 2.34. The number of rotatable bonds is 3. The first kappa shape index (κ1) is 10.7. The van der Waals surface area contributed by atoms with Crippen molar-refractivity contribution < 1.29 is 5.11 Å². The molecule has 3 rings (SSSR count). The summed E-state index contributed by atoms with van der Waals surface area (Å²) >= 11 is 0. The summed E-state index contributed by atoms with van der Waals surface area (Å²) in [6, 6.07) is 7.76. The molecule has 0 radical (unpaired) electrons. The van der Waals surface area contributed by atoms with E-state index in [0.717, 1.165) is 17.5 Å². The monoisotopic (exact) mass is 228 g/mol. The van der Waals surface area contributed by atoms with Crippen LogP contribution in [0.15, 0.2) is 30.5 Å². The van der Waals surface area contributed by atoms with Gasteiger partial charge in [-0.3, -0.25) is 4.98 Å². The Labute approximate surface area is 101 Å². The molecule has 3 heteroatoms. The highest BCUT2D eigenvalue weighted by Gasteiger charge is 2.22. The third-order valence-electron chi connectivity index (χ3n) is 3.59. The van der Waals surface area contributed by atoms with Gasteiger partial charge in [-0.25, -0.2) is 4.98 Å². The zero-order valence-electron chi connectivity index (χ0n) is 9.71. The smallest absolute Gasteiger partial charge is 0.0978 e. The molecule has 2 aromatic rings. The molecule has 0 bridgehead atoms. The number of aliphatic hydroxyl groups is 1. The molecule has 1 aliphatic carbocycles. The van der Waals surface area contributed by atoms with Gasteiger partial charge in [0.15, 0.2) is 0 Å². The van der Waals surface area contributed by atoms with Gasteiger partial charge in [-0.1, -0.05) is 31.4 Å². The first-order chi connectivity index (χ1) is 8.33. The van der Waals surface area contributed by atoms with Gasteiger partial charge in [0.2, 0.25) is 0 Å². The third-order valence-corrected chi connectivity index (χ3v) is 3.59. The second kappa shape index (κ2) is 4.41. The van der Waals surface area contributed by atoms with Gasteiger partial charge in [-0.05, 0) is 24.5 Å². The summed E-state index contributed by atoms with van der Waals surface area (Å²) in [5.74, 6) is 0.679. The van der Waals surface area contributed by atoms with E-state index in [9.17, 15) is 5.11 Å². The molecule has 1 N–H and O–H groups in total. The number of aromatic nitrogens is 2. The van der Waals surface area contributed by atoms with Gasteiger partial charge in [0.1, 0.15) is 0 Å². The lowest BCUT2D eigenvalue weighted by Crippen LogP contribution is -2.15. The fraction of sp³-hybridized carbons (Fsp3) is 0.429. The maximum atomic E-state index is 10.1. The van der Waals surface area contributed by atoms with Gasteiger partial charge in [-0.2, -0.15) is 0 Å². The molecule has 17 heavy (non-hydrogen) atoms. The van der Waals surface area contributed by atoms with Crippen molar-refractivity contribution in [1.82, 2.24) is 9.97 Å². The maximum Gasteiger partial charge on any atom is 0.0978 e. The van der Waals surface area contributed by atoms with Crippen LogP contribution in [0.1, 0.15) is 37.5 Å². The Kier molecular flexibility index (Phi) is 2.77. The van der Waals surface area contributed by atoms with Crippen molar-refractivity contribution in [1.29, 1.82) is 0 Å². The average molecular weight is 228 g/mol. The van der Waals surface area contributed by atoms with Crippen LogP contribution in [0.4, 0.5) is 0 Å². The molecule has 1 fully saturated rings. The number of aliphatic hydroxyl groups excluding tert-OH is 1. The molecule has 0 spiro atoms. The van der Waals surface area contributed by atoms with Gasteiger partial charge < -0.3 is 5.11 Å². The molecule has 1 aromatic heterocycles. The van der Waals surface area contributed by atoms with Crippen LogP contribution in [0.25, 0.3) is 11.0 Å². The van der Waals surface area contributed by atoms with Gasteiger partial charge >= 0.3 is 0 Å². The van der Waals surface area contributed by atoms with Crippen LogP contribution < -0.4 is 0 Å². The fourth-order valence-electron chi connectivity index (χ4n) is 2.30. The summed E-state index contributed by atoms with van der Waals surface area (Å²) in [4.78, 5) is 8.80. The zero-order chi connectivity index (χ0) is 11.7. The largest absolute Gasteiger partial charge is 0.387 e. The van der Waals surface area contributed by atoms with Crippen LogP contribution in [-0.2, 0) is 0 Å². The van der Waals surface area contributed by atoms with E-state index in [1.54, 1.807) is 6.20 Å². The van der Waals surface area contributed by atoms with Gasteiger partial charge in [0.25, 0.3) is 0 Å². The second-order valence-electron chi connectivity index (χ2n) is 4.83. The second-order valence-corrected chi connectivity index (χ2v) is 4.83. The van der Waals surface area contributed by atoms with Crippen LogP contribution >= 0.6 is 0 Å². The Bertz CT molecular complexity index is 522. The Morgan fingerprint density at radius 3 is 2.71 bits per heavy atom. The molecule has 0 amide bonds. The highest BCUT2D eigenvalue weighted by atomic mass is 16.3. The van der Waals surface area contributed by atoms with Crippen LogP contribution in [-0.4, -0.2) is 15.1 Å². The van der Waals surface area contributed by atoms with Crippen LogP contribution in [0.2, 0.25) is 0 Å². The molecular weight excluding hydrogens is 212 g/mol. The van der Waals surface area contributed by atoms with E-state index in [1.165, 1.54) is 19.3 Å². The number of benzene rings is 1. The van der Waals surface area contributed by atoms with E-state index in [1.807, 2.05) is 24.3 Å². The lowest BCUT2D eigenvalue weighted by molar-refractivity contribution is 0.115. The van der Waals surface area contributed by atoms with Crippen molar-refractivity contribution >= 4 is 11.0 Å². The molecule has 0 aliphatic heterocycles. The minimum atomic E-state index is -0.461. The topological polar surface area (TPSA) is 46.0 Å². The summed E-state index contributed by atoms with van der Waals surface area (Å²) in [7, 11) is 0. The van der Waals surface area contributed by atoms with E-state index in [0.29, 0.717) is 11.6 Å². The predicted octanol–water partition coefficient (Wildman–Crippen LogP) is 2.85. The highest BCUT2D eigenvalue weighted by molar-refractivity contribution is 5.73. The Hall–Kier alpha value is -1.48. The third kappa shape index (κ3) is 2.15. The first-order valence-corrected chi connectivity index (χ1v) is 6.22. The van der Waals surface area contributed by atoms with E-state index in [2.05, 4.69) is 9.97 Å². The lowest BCUT2D eigenvalue weighted by atomic mass is 9.81. The molecule has 1 atom stereocenters.